The van der Waals surface area contributed by atoms with Gasteiger partial charge in [-0.15, -0.1) is 0 Å². The van der Waals surface area contributed by atoms with Crippen molar-refractivity contribution in [1.82, 2.24) is 10.2 Å². The fourth-order valence-electron chi connectivity index (χ4n) is 3.35. The van der Waals surface area contributed by atoms with Crippen molar-refractivity contribution in [2.24, 2.45) is 11.8 Å². The summed E-state index contributed by atoms with van der Waals surface area (Å²) in [6.07, 6.45) is 2.87. The molecular formula is C15H26N2O4. The molecule has 2 aliphatic rings. The summed E-state index contributed by atoms with van der Waals surface area (Å²) in [6, 6.07) is 0.148. The molecule has 0 radical (unpaired) electrons. The first-order chi connectivity index (χ1) is 9.95. The van der Waals surface area contributed by atoms with Gasteiger partial charge in [0.05, 0.1) is 19.1 Å². The van der Waals surface area contributed by atoms with E-state index in [4.69, 9.17) is 9.84 Å². The molecule has 1 saturated heterocycles. The van der Waals surface area contributed by atoms with Crippen molar-refractivity contribution in [2.45, 2.75) is 51.7 Å². The maximum absolute atomic E-state index is 12.3. The Morgan fingerprint density at radius 3 is 2.76 bits per heavy atom. The Kier molecular flexibility index (Phi) is 5.45. The van der Waals surface area contributed by atoms with Crippen LogP contribution in [0.3, 0.4) is 0 Å². The zero-order valence-electron chi connectivity index (χ0n) is 12.9. The molecular weight excluding hydrogens is 272 g/mol. The van der Waals surface area contributed by atoms with Crippen molar-refractivity contribution in [3.8, 4) is 0 Å². The maximum atomic E-state index is 12.3. The van der Waals surface area contributed by atoms with Crippen LogP contribution in [0, 0.1) is 11.8 Å². The van der Waals surface area contributed by atoms with E-state index in [0.29, 0.717) is 25.6 Å². The summed E-state index contributed by atoms with van der Waals surface area (Å²) in [5, 5.41) is 11.9. The molecule has 4 unspecified atom stereocenters. The van der Waals surface area contributed by atoms with Gasteiger partial charge in [-0.2, -0.15) is 0 Å². The molecule has 0 aromatic carbocycles. The Morgan fingerprint density at radius 1 is 1.33 bits per heavy atom. The lowest BCUT2D eigenvalue weighted by molar-refractivity contribution is -0.141. The third kappa shape index (κ3) is 4.59. The van der Waals surface area contributed by atoms with Gasteiger partial charge in [0.25, 0.3) is 0 Å². The predicted octanol–water partition coefficient (Wildman–Crippen LogP) is 1.70. The number of rotatable bonds is 3. The van der Waals surface area contributed by atoms with E-state index in [-0.39, 0.29) is 18.5 Å². The summed E-state index contributed by atoms with van der Waals surface area (Å²) in [7, 11) is 0. The highest BCUT2D eigenvalue weighted by Gasteiger charge is 2.30. The molecule has 1 aliphatic carbocycles. The number of nitrogens with zero attached hydrogens (tertiary/aromatic N) is 1. The summed E-state index contributed by atoms with van der Waals surface area (Å²) in [4.78, 5) is 24.8. The first-order valence-electron chi connectivity index (χ1n) is 7.84. The van der Waals surface area contributed by atoms with Gasteiger partial charge in [-0.05, 0) is 31.1 Å². The van der Waals surface area contributed by atoms with E-state index in [1.54, 1.807) is 4.90 Å². The van der Waals surface area contributed by atoms with E-state index in [2.05, 4.69) is 19.2 Å². The Labute approximate surface area is 125 Å². The van der Waals surface area contributed by atoms with Gasteiger partial charge in [0.2, 0.25) is 0 Å². The topological polar surface area (TPSA) is 78.9 Å². The van der Waals surface area contributed by atoms with Crippen LogP contribution in [0.25, 0.3) is 0 Å². The molecule has 6 heteroatoms. The SMILES string of the molecule is CC1CCC(NC(=O)N2CCOC(CC(=O)O)C2)C(C)C1. The largest absolute Gasteiger partial charge is 0.481 e. The molecule has 120 valence electrons. The number of aliphatic carboxylic acids is 1. The monoisotopic (exact) mass is 298 g/mol. The van der Waals surface area contributed by atoms with Crippen LogP contribution in [0.5, 0.6) is 0 Å². The molecule has 0 bridgehead atoms. The van der Waals surface area contributed by atoms with Crippen LogP contribution in [0.2, 0.25) is 0 Å². The third-order valence-corrected chi connectivity index (χ3v) is 4.57. The summed E-state index contributed by atoms with van der Waals surface area (Å²) < 4.78 is 5.39. The lowest BCUT2D eigenvalue weighted by Crippen LogP contribution is -2.53. The highest BCUT2D eigenvalue weighted by Crippen LogP contribution is 2.28. The molecule has 2 amide bonds. The number of carbonyl (C=O) groups excluding carboxylic acids is 1. The minimum absolute atomic E-state index is 0.0544. The standard InChI is InChI=1S/C15H26N2O4/c1-10-3-4-13(11(2)7-10)16-15(20)17-5-6-21-12(9-17)8-14(18)19/h10-13H,3-9H2,1-2H3,(H,16,20)(H,18,19). The Hall–Kier alpha value is -1.30. The van der Waals surface area contributed by atoms with Gasteiger partial charge in [-0.25, -0.2) is 4.79 Å². The zero-order chi connectivity index (χ0) is 15.4. The number of carboxylic acid groups (broad SMARTS) is 1. The lowest BCUT2D eigenvalue weighted by atomic mass is 9.80. The summed E-state index contributed by atoms with van der Waals surface area (Å²) in [5.74, 6) is 0.335. The van der Waals surface area contributed by atoms with E-state index in [9.17, 15) is 9.59 Å². The van der Waals surface area contributed by atoms with Crippen LogP contribution in [0.4, 0.5) is 4.79 Å². The molecule has 21 heavy (non-hydrogen) atoms. The highest BCUT2D eigenvalue weighted by molar-refractivity contribution is 5.75. The zero-order valence-corrected chi connectivity index (χ0v) is 12.9. The minimum atomic E-state index is -0.892. The minimum Gasteiger partial charge on any atom is -0.481 e. The molecule has 1 aliphatic heterocycles. The normalized spacial score (nSPS) is 33.5. The van der Waals surface area contributed by atoms with Crippen LogP contribution < -0.4 is 5.32 Å². The number of amides is 2. The van der Waals surface area contributed by atoms with E-state index in [1.807, 2.05) is 0 Å². The van der Waals surface area contributed by atoms with Crippen LogP contribution in [0.1, 0.15) is 39.5 Å². The van der Waals surface area contributed by atoms with Crippen molar-refractivity contribution in [3.05, 3.63) is 0 Å². The predicted molar refractivity (Wildman–Crippen MR) is 78.1 cm³/mol. The first kappa shape index (κ1) is 16.1. The molecule has 0 aromatic heterocycles. The van der Waals surface area contributed by atoms with Crippen molar-refractivity contribution in [1.29, 1.82) is 0 Å². The van der Waals surface area contributed by atoms with E-state index in [1.165, 1.54) is 0 Å². The van der Waals surface area contributed by atoms with Gasteiger partial charge in [0, 0.05) is 19.1 Å². The highest BCUT2D eigenvalue weighted by atomic mass is 16.5. The molecule has 0 aromatic rings. The molecule has 1 saturated carbocycles. The molecule has 4 atom stereocenters. The van der Waals surface area contributed by atoms with Gasteiger partial charge in [0.1, 0.15) is 0 Å². The van der Waals surface area contributed by atoms with Crippen molar-refractivity contribution in [3.63, 3.8) is 0 Å². The molecule has 2 N–H and O–H groups in total. The Balaban J connectivity index is 1.83. The number of ether oxygens (including phenoxy) is 1. The second kappa shape index (κ2) is 7.11. The van der Waals surface area contributed by atoms with Gasteiger partial charge >= 0.3 is 12.0 Å². The summed E-state index contributed by atoms with van der Waals surface area (Å²) in [6.45, 7) is 5.73. The average Bonchev–Trinajstić information content (AvgIpc) is 2.41. The van der Waals surface area contributed by atoms with Crippen LogP contribution in [0.15, 0.2) is 0 Å². The average molecular weight is 298 g/mol. The van der Waals surface area contributed by atoms with E-state index >= 15 is 0 Å². The van der Waals surface area contributed by atoms with Crippen molar-refractivity contribution < 1.29 is 19.4 Å². The Morgan fingerprint density at radius 2 is 2.10 bits per heavy atom. The molecule has 6 nitrogen and oxygen atoms in total. The molecule has 0 spiro atoms. The van der Waals surface area contributed by atoms with Crippen LogP contribution in [-0.2, 0) is 9.53 Å². The fourth-order valence-corrected chi connectivity index (χ4v) is 3.35. The smallest absolute Gasteiger partial charge is 0.317 e. The van der Waals surface area contributed by atoms with Gasteiger partial charge in [-0.1, -0.05) is 13.8 Å². The second-order valence-corrected chi connectivity index (χ2v) is 6.49. The van der Waals surface area contributed by atoms with Gasteiger partial charge < -0.3 is 20.1 Å². The van der Waals surface area contributed by atoms with Crippen LogP contribution >= 0.6 is 0 Å². The summed E-state index contributed by atoms with van der Waals surface area (Å²) >= 11 is 0. The number of hydrogen-bond donors (Lipinski definition) is 2. The van der Waals surface area contributed by atoms with Crippen LogP contribution in [-0.4, -0.2) is 53.8 Å². The molecule has 2 rings (SSSR count). The fraction of sp³-hybridized carbons (Fsp3) is 0.867. The van der Waals surface area contributed by atoms with E-state index < -0.39 is 12.1 Å². The quantitative estimate of drug-likeness (QED) is 0.831. The van der Waals surface area contributed by atoms with Crippen molar-refractivity contribution in [2.75, 3.05) is 19.7 Å². The maximum Gasteiger partial charge on any atom is 0.317 e. The lowest BCUT2D eigenvalue weighted by Gasteiger charge is -2.37. The third-order valence-electron chi connectivity index (χ3n) is 4.57. The number of morpholine rings is 1. The number of carboxylic acids is 1. The molecule has 1 heterocycles. The first-order valence-corrected chi connectivity index (χ1v) is 7.84. The van der Waals surface area contributed by atoms with E-state index in [0.717, 1.165) is 25.2 Å². The van der Waals surface area contributed by atoms with Gasteiger partial charge in [-0.3, -0.25) is 4.79 Å². The van der Waals surface area contributed by atoms with Gasteiger partial charge in [0.15, 0.2) is 0 Å². The number of urea groups is 1. The number of carbonyl (C=O) groups is 2. The molecule has 2 fully saturated rings. The summed E-state index contributed by atoms with van der Waals surface area (Å²) in [5.41, 5.74) is 0. The number of nitrogens with one attached hydrogen (secondary N) is 1. The van der Waals surface area contributed by atoms with Crippen molar-refractivity contribution >= 4 is 12.0 Å². The second-order valence-electron chi connectivity index (χ2n) is 6.49. The number of hydrogen-bond acceptors (Lipinski definition) is 3. The Bertz CT molecular complexity index is 388.